The van der Waals surface area contributed by atoms with Gasteiger partial charge in [0.15, 0.2) is 0 Å². The van der Waals surface area contributed by atoms with Gasteiger partial charge in [-0.3, -0.25) is 0 Å². The van der Waals surface area contributed by atoms with Gasteiger partial charge in [-0.1, -0.05) is 84.3 Å². The largest absolute Gasteiger partial charge is 0.103 e. The van der Waals surface area contributed by atoms with Gasteiger partial charge in [-0.15, -0.1) is 6.58 Å². The molecule has 0 saturated heterocycles. The molecule has 0 heteroatoms. The van der Waals surface area contributed by atoms with Crippen molar-refractivity contribution in [2.75, 3.05) is 0 Å². The van der Waals surface area contributed by atoms with Crippen LogP contribution >= 0.6 is 0 Å². The van der Waals surface area contributed by atoms with Crippen LogP contribution in [0.4, 0.5) is 0 Å². The first-order valence-electron chi connectivity index (χ1n) is 18.5. The molecule has 2 aromatic carbocycles. The minimum absolute atomic E-state index is 0.810. The molecule has 0 unspecified atom stereocenters. The van der Waals surface area contributed by atoms with Gasteiger partial charge in [0.2, 0.25) is 0 Å². The third-order valence-corrected chi connectivity index (χ3v) is 12.3. The van der Waals surface area contributed by atoms with Crippen molar-refractivity contribution in [2.45, 2.75) is 142 Å². The number of hydrogen-bond acceptors (Lipinski definition) is 0. The molecule has 4 fully saturated rings. The van der Waals surface area contributed by atoms with E-state index in [0.717, 1.165) is 41.4 Å². The SMILES string of the molecule is C=CC1CCC(C2CCC(c3ccc(C)cc3)CC2)CC1.CCC=C1CCC(C2CCC(c3ccc(C)cc3)CC2)CC1. The summed E-state index contributed by atoms with van der Waals surface area (Å²) in [4.78, 5) is 0. The first kappa shape index (κ1) is 32.3. The minimum atomic E-state index is 0.810. The predicted octanol–water partition coefficient (Wildman–Crippen LogP) is 13.1. The fourth-order valence-electron chi connectivity index (χ4n) is 9.35. The van der Waals surface area contributed by atoms with Crippen molar-refractivity contribution in [3.63, 3.8) is 0 Å². The molecular formula is C43H62. The molecule has 2 aromatic rings. The van der Waals surface area contributed by atoms with Gasteiger partial charge < -0.3 is 0 Å². The van der Waals surface area contributed by atoms with Crippen molar-refractivity contribution < 1.29 is 0 Å². The Balaban J connectivity index is 0.000000171. The third-order valence-electron chi connectivity index (χ3n) is 12.3. The molecule has 0 bridgehead atoms. The summed E-state index contributed by atoms with van der Waals surface area (Å²) in [6.07, 6.45) is 28.8. The van der Waals surface area contributed by atoms with E-state index in [2.05, 4.69) is 88.0 Å². The van der Waals surface area contributed by atoms with Crippen LogP contribution in [0.2, 0.25) is 0 Å². The molecule has 0 nitrogen and oxygen atoms in total. The van der Waals surface area contributed by atoms with E-state index < -0.39 is 0 Å². The van der Waals surface area contributed by atoms with E-state index in [1.807, 2.05) is 0 Å². The first-order chi connectivity index (χ1) is 21.0. The molecule has 0 atom stereocenters. The highest BCUT2D eigenvalue weighted by Crippen LogP contribution is 2.45. The summed E-state index contributed by atoms with van der Waals surface area (Å²) in [5.41, 5.74) is 7.67. The van der Waals surface area contributed by atoms with Crippen LogP contribution in [0, 0.1) is 43.4 Å². The molecule has 0 aliphatic heterocycles. The quantitative estimate of drug-likeness (QED) is 0.299. The Labute approximate surface area is 265 Å². The lowest BCUT2D eigenvalue weighted by Crippen LogP contribution is -2.25. The van der Waals surface area contributed by atoms with Gasteiger partial charge in [0.25, 0.3) is 0 Å². The van der Waals surface area contributed by atoms with Gasteiger partial charge in [-0.2, -0.15) is 0 Å². The molecule has 234 valence electrons. The smallest absolute Gasteiger partial charge is 0.0162 e. The molecule has 4 aliphatic rings. The summed E-state index contributed by atoms with van der Waals surface area (Å²) in [5, 5.41) is 0. The zero-order valence-electron chi connectivity index (χ0n) is 28.0. The molecule has 43 heavy (non-hydrogen) atoms. The second-order valence-corrected chi connectivity index (χ2v) is 15.1. The minimum Gasteiger partial charge on any atom is -0.103 e. The van der Waals surface area contributed by atoms with Crippen LogP contribution in [0.3, 0.4) is 0 Å². The number of rotatable bonds is 6. The van der Waals surface area contributed by atoms with Crippen molar-refractivity contribution in [1.82, 2.24) is 0 Å². The van der Waals surface area contributed by atoms with Gasteiger partial charge >= 0.3 is 0 Å². The van der Waals surface area contributed by atoms with Gasteiger partial charge in [0.05, 0.1) is 0 Å². The molecular weight excluding hydrogens is 516 g/mol. The van der Waals surface area contributed by atoms with Gasteiger partial charge in [0, 0.05) is 0 Å². The lowest BCUT2D eigenvalue weighted by Gasteiger charge is -2.37. The predicted molar refractivity (Wildman–Crippen MR) is 188 cm³/mol. The molecule has 4 saturated carbocycles. The molecule has 0 aromatic heterocycles. The Hall–Kier alpha value is -2.08. The molecule has 0 spiro atoms. The fourth-order valence-corrected chi connectivity index (χ4v) is 9.35. The zero-order valence-corrected chi connectivity index (χ0v) is 28.0. The molecule has 0 heterocycles. The van der Waals surface area contributed by atoms with Crippen molar-refractivity contribution in [3.05, 3.63) is 95.1 Å². The Morgan fingerprint density at radius 1 is 0.535 bits per heavy atom. The summed E-state index contributed by atoms with van der Waals surface area (Å²) >= 11 is 0. The fraction of sp³-hybridized carbons (Fsp3) is 0.628. The van der Waals surface area contributed by atoms with Crippen molar-refractivity contribution in [2.24, 2.45) is 29.6 Å². The molecule has 0 radical (unpaired) electrons. The van der Waals surface area contributed by atoms with Crippen molar-refractivity contribution in [3.8, 4) is 0 Å². The Morgan fingerprint density at radius 3 is 1.28 bits per heavy atom. The van der Waals surface area contributed by atoms with E-state index >= 15 is 0 Å². The second-order valence-electron chi connectivity index (χ2n) is 15.1. The average molecular weight is 579 g/mol. The maximum Gasteiger partial charge on any atom is -0.0162 e. The van der Waals surface area contributed by atoms with Gasteiger partial charge in [-0.25, -0.2) is 0 Å². The Kier molecular flexibility index (Phi) is 12.2. The number of hydrogen-bond donors (Lipinski definition) is 0. The van der Waals surface area contributed by atoms with E-state index in [4.69, 9.17) is 0 Å². The maximum absolute atomic E-state index is 3.97. The zero-order chi connectivity index (χ0) is 30.0. The summed E-state index contributed by atoms with van der Waals surface area (Å²) in [5.74, 6) is 6.53. The third kappa shape index (κ3) is 9.22. The highest BCUT2D eigenvalue weighted by molar-refractivity contribution is 5.26. The summed E-state index contributed by atoms with van der Waals surface area (Å²) in [7, 11) is 0. The summed E-state index contributed by atoms with van der Waals surface area (Å²) < 4.78 is 0. The van der Waals surface area contributed by atoms with Crippen LogP contribution in [0.5, 0.6) is 0 Å². The highest BCUT2D eigenvalue weighted by atomic mass is 14.4. The lowest BCUT2D eigenvalue weighted by molar-refractivity contribution is 0.171. The number of allylic oxidation sites excluding steroid dienone is 3. The summed E-state index contributed by atoms with van der Waals surface area (Å²) in [6.45, 7) is 10.6. The van der Waals surface area contributed by atoms with E-state index in [1.54, 1.807) is 16.7 Å². The maximum atomic E-state index is 3.97. The molecule has 0 N–H and O–H groups in total. The molecule has 0 amide bonds. The van der Waals surface area contributed by atoms with Crippen LogP contribution in [0.1, 0.15) is 150 Å². The monoisotopic (exact) mass is 578 g/mol. The summed E-state index contributed by atoms with van der Waals surface area (Å²) in [6, 6.07) is 18.6. The van der Waals surface area contributed by atoms with Crippen LogP contribution in [0.15, 0.2) is 72.8 Å². The van der Waals surface area contributed by atoms with Crippen LogP contribution in [-0.4, -0.2) is 0 Å². The van der Waals surface area contributed by atoms with Crippen molar-refractivity contribution >= 4 is 0 Å². The lowest BCUT2D eigenvalue weighted by atomic mass is 9.68. The first-order valence-corrected chi connectivity index (χ1v) is 18.5. The molecule has 4 aliphatic carbocycles. The Bertz CT molecular complexity index is 1100. The van der Waals surface area contributed by atoms with Crippen molar-refractivity contribution in [1.29, 1.82) is 0 Å². The van der Waals surface area contributed by atoms with Gasteiger partial charge in [0.1, 0.15) is 0 Å². The van der Waals surface area contributed by atoms with Crippen LogP contribution in [0.25, 0.3) is 0 Å². The van der Waals surface area contributed by atoms with E-state index in [-0.39, 0.29) is 0 Å². The highest BCUT2D eigenvalue weighted by Gasteiger charge is 2.31. The number of aryl methyl sites for hydroxylation is 2. The molecule has 6 rings (SSSR count). The van der Waals surface area contributed by atoms with Crippen LogP contribution < -0.4 is 0 Å². The van der Waals surface area contributed by atoms with E-state index in [9.17, 15) is 0 Å². The normalized spacial score (nSPS) is 31.4. The topological polar surface area (TPSA) is 0 Å². The van der Waals surface area contributed by atoms with Crippen LogP contribution in [-0.2, 0) is 0 Å². The van der Waals surface area contributed by atoms with E-state index in [0.29, 0.717) is 0 Å². The van der Waals surface area contributed by atoms with E-state index in [1.165, 1.54) is 120 Å². The van der Waals surface area contributed by atoms with Gasteiger partial charge in [-0.05, 0) is 176 Å². The average Bonchev–Trinajstić information content (AvgIpc) is 3.07. The Morgan fingerprint density at radius 2 is 0.907 bits per heavy atom. The number of benzene rings is 2. The second kappa shape index (κ2) is 16.3. The standard InChI is InChI=1S/C22H32.C21H30/c1-3-4-18-7-11-20(12-8-18)22-15-13-21(14-16-22)19-9-5-17(2)6-10-19;1-3-17-6-10-19(11-7-17)21-14-12-20(13-15-21)18-8-4-16(2)5-9-18/h4-6,9-10,20-22H,3,7-8,11-16H2,1-2H3;3-5,8-9,17,19-21H,1,6-7,10-15H2,2H3.